The Morgan fingerprint density at radius 1 is 1.48 bits per heavy atom. The number of hydrogen-bond acceptors (Lipinski definition) is 4. The molecule has 4 heteroatoms. The van der Waals surface area contributed by atoms with Crippen LogP contribution in [-0.2, 0) is 11.2 Å². The topological polar surface area (TPSA) is 50.5 Å². The summed E-state index contributed by atoms with van der Waals surface area (Å²) in [7, 11) is 2.16. The Morgan fingerprint density at radius 2 is 2.33 bits per heavy atom. The van der Waals surface area contributed by atoms with Crippen LogP contribution in [0.5, 0.6) is 0 Å². The van der Waals surface area contributed by atoms with Crippen molar-refractivity contribution < 1.29 is 4.74 Å². The van der Waals surface area contributed by atoms with Crippen LogP contribution in [0.2, 0.25) is 0 Å². The van der Waals surface area contributed by atoms with Crippen molar-refractivity contribution >= 4 is 5.69 Å². The number of anilines is 1. The molecule has 21 heavy (non-hydrogen) atoms. The normalized spacial score (nSPS) is 26.1. The molecule has 0 saturated carbocycles. The van der Waals surface area contributed by atoms with Gasteiger partial charge in [0.25, 0.3) is 0 Å². The molecule has 0 spiro atoms. The van der Waals surface area contributed by atoms with E-state index in [1.165, 1.54) is 16.8 Å². The van der Waals surface area contributed by atoms with Crippen LogP contribution in [0.4, 0.5) is 5.69 Å². The molecule has 0 amide bonds. The highest BCUT2D eigenvalue weighted by atomic mass is 16.5. The molecule has 0 bridgehead atoms. The molecule has 2 aliphatic rings. The van der Waals surface area contributed by atoms with Gasteiger partial charge in [0.05, 0.1) is 5.60 Å². The summed E-state index contributed by atoms with van der Waals surface area (Å²) in [4.78, 5) is 2.32. The Hall–Kier alpha value is -1.10. The zero-order valence-electron chi connectivity index (χ0n) is 13.2. The summed E-state index contributed by atoms with van der Waals surface area (Å²) in [6.07, 6.45) is 3.43. The highest BCUT2D eigenvalue weighted by molar-refractivity contribution is 5.58. The van der Waals surface area contributed by atoms with E-state index in [0.717, 1.165) is 39.0 Å². The minimum Gasteiger partial charge on any atom is -0.374 e. The first-order valence-electron chi connectivity index (χ1n) is 8.03. The van der Waals surface area contributed by atoms with Gasteiger partial charge >= 0.3 is 0 Å². The van der Waals surface area contributed by atoms with E-state index >= 15 is 0 Å². The van der Waals surface area contributed by atoms with Crippen molar-refractivity contribution in [3.63, 3.8) is 0 Å². The number of fused-ring (bicyclic) bond motifs is 1. The van der Waals surface area contributed by atoms with Gasteiger partial charge in [-0.25, -0.2) is 0 Å². The quantitative estimate of drug-likeness (QED) is 0.868. The lowest BCUT2D eigenvalue weighted by Gasteiger charge is -2.27. The van der Waals surface area contributed by atoms with Crippen molar-refractivity contribution in [3.8, 4) is 0 Å². The second-order valence-corrected chi connectivity index (χ2v) is 6.63. The first kappa shape index (κ1) is 14.8. The molecule has 0 aromatic heterocycles. The minimum absolute atomic E-state index is 0.0234. The fourth-order valence-corrected chi connectivity index (χ4v) is 3.46. The Balaban J connectivity index is 1.68. The number of ether oxygens (including phenoxy) is 1. The molecule has 4 nitrogen and oxygen atoms in total. The third-order valence-electron chi connectivity index (χ3n) is 4.89. The molecule has 2 atom stereocenters. The number of hydrogen-bond donors (Lipinski definition) is 2. The van der Waals surface area contributed by atoms with E-state index in [1.807, 2.05) is 0 Å². The highest BCUT2D eigenvalue weighted by Gasteiger charge is 2.30. The SMILES string of the molecule is CN1CCc2cc(C(CN)NCC3(C)CCCO3)ccc21. The van der Waals surface area contributed by atoms with Crippen LogP contribution in [-0.4, -0.2) is 38.9 Å². The number of nitrogens with two attached hydrogens (primary N) is 1. The van der Waals surface area contributed by atoms with Gasteiger partial charge in [-0.1, -0.05) is 12.1 Å². The zero-order valence-corrected chi connectivity index (χ0v) is 13.2. The molecule has 0 aliphatic carbocycles. The zero-order chi connectivity index (χ0) is 14.9. The third kappa shape index (κ3) is 3.07. The first-order chi connectivity index (χ1) is 10.1. The van der Waals surface area contributed by atoms with Gasteiger partial charge in [-0.2, -0.15) is 0 Å². The molecule has 1 aromatic carbocycles. The fraction of sp³-hybridized carbons (Fsp3) is 0.647. The Kier molecular flexibility index (Phi) is 4.20. The number of likely N-dealkylation sites (N-methyl/N-ethyl adjacent to an activating group) is 1. The van der Waals surface area contributed by atoms with Crippen molar-refractivity contribution in [2.45, 2.75) is 37.8 Å². The van der Waals surface area contributed by atoms with Crippen LogP contribution in [0, 0.1) is 0 Å². The van der Waals surface area contributed by atoms with Gasteiger partial charge in [0.1, 0.15) is 0 Å². The summed E-state index contributed by atoms with van der Waals surface area (Å²) in [5, 5.41) is 3.61. The lowest BCUT2D eigenvalue weighted by Crippen LogP contribution is -2.41. The van der Waals surface area contributed by atoms with E-state index in [9.17, 15) is 0 Å². The Bertz CT molecular complexity index is 497. The number of nitrogens with one attached hydrogen (secondary N) is 1. The molecule has 0 radical (unpaired) electrons. The monoisotopic (exact) mass is 289 g/mol. The maximum atomic E-state index is 5.99. The lowest BCUT2D eigenvalue weighted by molar-refractivity contribution is 0.0189. The van der Waals surface area contributed by atoms with Crippen LogP contribution in [0.3, 0.4) is 0 Å². The first-order valence-corrected chi connectivity index (χ1v) is 8.03. The van der Waals surface area contributed by atoms with Gasteiger partial charge in [0.15, 0.2) is 0 Å². The Morgan fingerprint density at radius 3 is 3.05 bits per heavy atom. The van der Waals surface area contributed by atoms with Crippen LogP contribution in [0.1, 0.15) is 36.9 Å². The molecular formula is C17H27N3O. The maximum absolute atomic E-state index is 5.99. The number of benzene rings is 1. The summed E-state index contributed by atoms with van der Waals surface area (Å²) in [6.45, 7) is 5.68. The van der Waals surface area contributed by atoms with E-state index in [1.54, 1.807) is 0 Å². The van der Waals surface area contributed by atoms with E-state index in [0.29, 0.717) is 6.54 Å². The van der Waals surface area contributed by atoms with Gasteiger partial charge in [0, 0.05) is 45.0 Å². The predicted molar refractivity (Wildman–Crippen MR) is 86.8 cm³/mol. The van der Waals surface area contributed by atoms with Crippen molar-refractivity contribution in [1.82, 2.24) is 5.32 Å². The molecule has 3 rings (SSSR count). The third-order valence-corrected chi connectivity index (χ3v) is 4.89. The summed E-state index contributed by atoms with van der Waals surface area (Å²) >= 11 is 0. The molecular weight excluding hydrogens is 262 g/mol. The molecule has 1 fully saturated rings. The highest BCUT2D eigenvalue weighted by Crippen LogP contribution is 2.30. The van der Waals surface area contributed by atoms with Crippen LogP contribution >= 0.6 is 0 Å². The maximum Gasteiger partial charge on any atom is 0.0779 e. The average Bonchev–Trinajstić information content (AvgIpc) is 3.07. The van der Waals surface area contributed by atoms with Gasteiger partial charge in [-0.05, 0) is 43.4 Å². The number of nitrogens with zero attached hydrogens (tertiary/aromatic N) is 1. The molecule has 2 unspecified atom stereocenters. The standard InChI is InChI=1S/C17H27N3O/c1-17(7-3-9-21-17)12-19-15(11-18)13-4-5-16-14(10-13)6-8-20(16)2/h4-5,10,15,19H,3,6-9,11-12,18H2,1-2H3. The van der Waals surface area contributed by atoms with Gasteiger partial charge in [0.2, 0.25) is 0 Å². The van der Waals surface area contributed by atoms with Crippen molar-refractivity contribution in [1.29, 1.82) is 0 Å². The minimum atomic E-state index is -0.0234. The van der Waals surface area contributed by atoms with E-state index < -0.39 is 0 Å². The fourth-order valence-electron chi connectivity index (χ4n) is 3.46. The van der Waals surface area contributed by atoms with E-state index in [2.05, 4.69) is 42.4 Å². The summed E-state index contributed by atoms with van der Waals surface area (Å²) in [6, 6.07) is 6.97. The van der Waals surface area contributed by atoms with Gasteiger partial charge < -0.3 is 20.7 Å². The average molecular weight is 289 g/mol. The predicted octanol–water partition coefficient (Wildman–Crippen LogP) is 1.84. The Labute approximate surface area is 127 Å². The van der Waals surface area contributed by atoms with E-state index in [4.69, 9.17) is 10.5 Å². The smallest absolute Gasteiger partial charge is 0.0779 e. The van der Waals surface area contributed by atoms with Crippen molar-refractivity contribution in [2.24, 2.45) is 5.73 Å². The summed E-state index contributed by atoms with van der Waals surface area (Å²) < 4.78 is 5.85. The van der Waals surface area contributed by atoms with Crippen molar-refractivity contribution in [3.05, 3.63) is 29.3 Å². The molecule has 1 saturated heterocycles. The molecule has 116 valence electrons. The van der Waals surface area contributed by atoms with E-state index in [-0.39, 0.29) is 11.6 Å². The summed E-state index contributed by atoms with van der Waals surface area (Å²) in [5.41, 5.74) is 10.1. The second kappa shape index (κ2) is 5.95. The van der Waals surface area contributed by atoms with Crippen LogP contribution in [0.15, 0.2) is 18.2 Å². The lowest BCUT2D eigenvalue weighted by atomic mass is 9.99. The van der Waals surface area contributed by atoms with Crippen LogP contribution in [0.25, 0.3) is 0 Å². The number of rotatable bonds is 5. The second-order valence-electron chi connectivity index (χ2n) is 6.63. The summed E-state index contributed by atoms with van der Waals surface area (Å²) in [5.74, 6) is 0. The molecule has 2 aliphatic heterocycles. The molecule has 3 N–H and O–H groups in total. The van der Waals surface area contributed by atoms with Gasteiger partial charge in [-0.3, -0.25) is 0 Å². The van der Waals surface area contributed by atoms with Gasteiger partial charge in [-0.15, -0.1) is 0 Å². The molecule has 1 aromatic rings. The largest absolute Gasteiger partial charge is 0.374 e. The van der Waals surface area contributed by atoms with Crippen molar-refractivity contribution in [2.75, 3.05) is 38.2 Å². The molecule has 2 heterocycles. The van der Waals surface area contributed by atoms with Crippen LogP contribution < -0.4 is 16.0 Å².